The van der Waals surface area contributed by atoms with Crippen LogP contribution in [0.2, 0.25) is 0 Å². The molecular formula is C50H33NS. The van der Waals surface area contributed by atoms with Crippen LogP contribution in [0.25, 0.3) is 75.1 Å². The summed E-state index contributed by atoms with van der Waals surface area (Å²) >= 11 is 1.86. The van der Waals surface area contributed by atoms with E-state index >= 15 is 0 Å². The molecule has 9 aromatic carbocycles. The average Bonchev–Trinajstić information content (AvgIpc) is 3.61. The Kier molecular flexibility index (Phi) is 7.41. The van der Waals surface area contributed by atoms with Crippen LogP contribution in [0.15, 0.2) is 200 Å². The van der Waals surface area contributed by atoms with Crippen molar-refractivity contribution in [2.24, 2.45) is 0 Å². The zero-order valence-corrected chi connectivity index (χ0v) is 29.2. The first-order valence-electron chi connectivity index (χ1n) is 17.8. The number of thiophene rings is 1. The van der Waals surface area contributed by atoms with Gasteiger partial charge in [0.2, 0.25) is 0 Å². The van der Waals surface area contributed by atoms with Crippen LogP contribution in [0.5, 0.6) is 0 Å². The number of fused-ring (bicyclic) bond motifs is 5. The van der Waals surface area contributed by atoms with Gasteiger partial charge in [-0.1, -0.05) is 152 Å². The number of hydrogen-bond acceptors (Lipinski definition) is 2. The Labute approximate surface area is 307 Å². The number of nitrogens with zero attached hydrogens (tertiary/aromatic N) is 1. The maximum absolute atomic E-state index is 2.42. The summed E-state index contributed by atoms with van der Waals surface area (Å²) in [5.74, 6) is 0. The van der Waals surface area contributed by atoms with E-state index in [1.54, 1.807) is 0 Å². The highest BCUT2D eigenvalue weighted by molar-refractivity contribution is 7.26. The lowest BCUT2D eigenvalue weighted by Crippen LogP contribution is -2.10. The van der Waals surface area contributed by atoms with E-state index in [2.05, 4.69) is 205 Å². The van der Waals surface area contributed by atoms with Crippen LogP contribution in [0.3, 0.4) is 0 Å². The van der Waals surface area contributed by atoms with Gasteiger partial charge in [0.25, 0.3) is 0 Å². The minimum atomic E-state index is 1.12. The van der Waals surface area contributed by atoms with Gasteiger partial charge in [-0.05, 0) is 103 Å². The number of benzene rings is 9. The molecule has 0 saturated heterocycles. The first kappa shape index (κ1) is 30.4. The van der Waals surface area contributed by atoms with Crippen LogP contribution in [0.4, 0.5) is 17.1 Å². The predicted octanol–water partition coefficient (Wildman–Crippen LogP) is 14.8. The monoisotopic (exact) mass is 679 g/mol. The fourth-order valence-electron chi connectivity index (χ4n) is 7.77. The number of anilines is 3. The van der Waals surface area contributed by atoms with Crippen LogP contribution < -0.4 is 4.90 Å². The fourth-order valence-corrected chi connectivity index (χ4v) is 8.90. The van der Waals surface area contributed by atoms with Crippen LogP contribution in [0.1, 0.15) is 0 Å². The third-order valence-electron chi connectivity index (χ3n) is 10.3. The minimum absolute atomic E-state index is 1.12. The maximum atomic E-state index is 2.42. The molecule has 1 heterocycles. The van der Waals surface area contributed by atoms with Crippen molar-refractivity contribution in [1.82, 2.24) is 0 Å². The largest absolute Gasteiger partial charge is 0.310 e. The van der Waals surface area contributed by atoms with Gasteiger partial charge in [0.05, 0.1) is 5.69 Å². The van der Waals surface area contributed by atoms with Crippen LogP contribution in [0, 0.1) is 0 Å². The predicted molar refractivity (Wildman–Crippen MR) is 225 cm³/mol. The van der Waals surface area contributed by atoms with Gasteiger partial charge in [-0.15, -0.1) is 11.3 Å². The molecular weight excluding hydrogens is 647 g/mol. The minimum Gasteiger partial charge on any atom is -0.310 e. The fraction of sp³-hybridized carbons (Fsp3) is 0. The standard InChI is InChI=1S/C50H33NS/c1-2-11-35(12-3-1)43-19-9-15-39-33-38(27-32-45(39)43)34-23-28-40(29-24-34)51(47-20-10-22-49-50(47)46-17-6-7-21-48(46)52-49)41-30-25-37(26-31-41)44-18-8-14-36-13-4-5-16-42(36)44/h1-33H. The molecule has 0 aliphatic rings. The van der Waals surface area contributed by atoms with Crippen molar-refractivity contribution < 1.29 is 0 Å². The zero-order chi connectivity index (χ0) is 34.4. The molecule has 10 rings (SSSR count). The molecule has 0 bridgehead atoms. The summed E-state index contributed by atoms with van der Waals surface area (Å²) in [6, 6.07) is 72.9. The van der Waals surface area contributed by atoms with Crippen molar-refractivity contribution in [3.05, 3.63) is 200 Å². The first-order chi connectivity index (χ1) is 25.8. The Hall–Kier alpha value is -6.48. The van der Waals surface area contributed by atoms with E-state index in [9.17, 15) is 0 Å². The molecule has 0 atom stereocenters. The second kappa shape index (κ2) is 12.7. The lowest BCUT2D eigenvalue weighted by molar-refractivity contribution is 1.30. The van der Waals surface area contributed by atoms with Crippen molar-refractivity contribution in [3.63, 3.8) is 0 Å². The van der Waals surface area contributed by atoms with Crippen molar-refractivity contribution in [2.75, 3.05) is 4.90 Å². The van der Waals surface area contributed by atoms with Gasteiger partial charge in [-0.3, -0.25) is 0 Å². The Bertz CT molecular complexity index is 2880. The molecule has 0 radical (unpaired) electrons. The van der Waals surface area contributed by atoms with Crippen molar-refractivity contribution in [2.45, 2.75) is 0 Å². The van der Waals surface area contributed by atoms with Gasteiger partial charge in [0, 0.05) is 31.5 Å². The SMILES string of the molecule is c1ccc(-c2cccc3cc(-c4ccc(N(c5ccc(-c6cccc7ccccc67)cc5)c5cccc6sc7ccccc7c56)cc4)ccc23)cc1. The van der Waals surface area contributed by atoms with E-state index in [0.29, 0.717) is 0 Å². The molecule has 244 valence electrons. The average molecular weight is 680 g/mol. The Balaban J connectivity index is 1.08. The van der Waals surface area contributed by atoms with E-state index in [4.69, 9.17) is 0 Å². The molecule has 1 nitrogen and oxygen atoms in total. The summed E-state index contributed by atoms with van der Waals surface area (Å²) in [6.07, 6.45) is 0. The molecule has 0 N–H and O–H groups in total. The zero-order valence-electron chi connectivity index (χ0n) is 28.4. The molecule has 0 aliphatic heterocycles. The number of hydrogen-bond donors (Lipinski definition) is 0. The molecule has 0 saturated carbocycles. The lowest BCUT2D eigenvalue weighted by Gasteiger charge is -2.27. The Morgan fingerprint density at radius 1 is 0.327 bits per heavy atom. The number of rotatable bonds is 6. The van der Waals surface area contributed by atoms with Crippen LogP contribution in [-0.2, 0) is 0 Å². The lowest BCUT2D eigenvalue weighted by atomic mass is 9.95. The summed E-state index contributed by atoms with van der Waals surface area (Å²) in [7, 11) is 0. The Morgan fingerprint density at radius 3 is 1.63 bits per heavy atom. The molecule has 0 unspecified atom stereocenters. The third kappa shape index (κ3) is 5.24. The summed E-state index contributed by atoms with van der Waals surface area (Å²) < 4.78 is 2.59. The summed E-state index contributed by atoms with van der Waals surface area (Å²) in [5, 5.41) is 7.61. The highest BCUT2D eigenvalue weighted by Crippen LogP contribution is 2.45. The third-order valence-corrected chi connectivity index (χ3v) is 11.4. The molecule has 52 heavy (non-hydrogen) atoms. The summed E-state index contributed by atoms with van der Waals surface area (Å²) in [6.45, 7) is 0. The van der Waals surface area contributed by atoms with Crippen LogP contribution >= 0.6 is 11.3 Å². The van der Waals surface area contributed by atoms with Crippen molar-refractivity contribution >= 4 is 70.1 Å². The van der Waals surface area contributed by atoms with Crippen LogP contribution in [-0.4, -0.2) is 0 Å². The molecule has 2 heteroatoms. The van der Waals surface area contributed by atoms with Crippen molar-refractivity contribution in [1.29, 1.82) is 0 Å². The maximum Gasteiger partial charge on any atom is 0.0554 e. The van der Waals surface area contributed by atoms with Gasteiger partial charge >= 0.3 is 0 Å². The van der Waals surface area contributed by atoms with E-state index < -0.39 is 0 Å². The van der Waals surface area contributed by atoms with Gasteiger partial charge in [-0.2, -0.15) is 0 Å². The van der Waals surface area contributed by atoms with Gasteiger partial charge in [0.1, 0.15) is 0 Å². The summed E-state index contributed by atoms with van der Waals surface area (Å²) in [5.41, 5.74) is 10.8. The first-order valence-corrected chi connectivity index (χ1v) is 18.6. The van der Waals surface area contributed by atoms with E-state index in [1.807, 2.05) is 11.3 Å². The molecule has 10 aromatic rings. The smallest absolute Gasteiger partial charge is 0.0554 e. The van der Waals surface area contributed by atoms with Crippen molar-refractivity contribution in [3.8, 4) is 33.4 Å². The normalized spacial score (nSPS) is 11.5. The second-order valence-corrected chi connectivity index (χ2v) is 14.4. The second-order valence-electron chi connectivity index (χ2n) is 13.3. The van der Waals surface area contributed by atoms with E-state index in [-0.39, 0.29) is 0 Å². The molecule has 0 spiro atoms. The quantitative estimate of drug-likeness (QED) is 0.169. The highest BCUT2D eigenvalue weighted by atomic mass is 32.1. The van der Waals surface area contributed by atoms with Gasteiger partial charge < -0.3 is 4.90 Å². The molecule has 0 amide bonds. The van der Waals surface area contributed by atoms with Gasteiger partial charge in [0.15, 0.2) is 0 Å². The van der Waals surface area contributed by atoms with E-state index in [0.717, 1.165) is 11.4 Å². The topological polar surface area (TPSA) is 3.24 Å². The molecule has 1 aromatic heterocycles. The highest BCUT2D eigenvalue weighted by Gasteiger charge is 2.19. The molecule has 0 fully saturated rings. The van der Waals surface area contributed by atoms with E-state index in [1.165, 1.54) is 80.8 Å². The molecule has 0 aliphatic carbocycles. The Morgan fingerprint density at radius 2 is 0.865 bits per heavy atom. The summed E-state index contributed by atoms with van der Waals surface area (Å²) in [4.78, 5) is 2.42. The van der Waals surface area contributed by atoms with Gasteiger partial charge in [-0.25, -0.2) is 0 Å².